The number of alkyl halides is 6. The number of likely N-dealkylation sites (tertiary alicyclic amines) is 1. The summed E-state index contributed by atoms with van der Waals surface area (Å²) in [5, 5.41) is 16.4. The third-order valence-electron chi connectivity index (χ3n) is 5.82. The maximum absolute atomic E-state index is 13.0. The summed E-state index contributed by atoms with van der Waals surface area (Å²) >= 11 is 1.82. The number of piperidine rings is 1. The van der Waals surface area contributed by atoms with E-state index in [9.17, 15) is 31.1 Å². The molecule has 0 radical (unpaired) electrons. The molecule has 1 spiro atoms. The van der Waals surface area contributed by atoms with E-state index in [0.29, 0.717) is 11.9 Å². The van der Waals surface area contributed by atoms with Crippen LogP contribution in [0.4, 0.5) is 26.3 Å². The number of amides is 1. The molecule has 8 nitrogen and oxygen atoms in total. The molecule has 1 amide bonds. The van der Waals surface area contributed by atoms with Crippen LogP contribution in [0.25, 0.3) is 0 Å². The molecule has 3 heterocycles. The van der Waals surface area contributed by atoms with E-state index in [0.717, 1.165) is 45.6 Å². The van der Waals surface area contributed by atoms with E-state index < -0.39 is 24.3 Å². The molecular formula is C21H29F6N3O5S. The highest BCUT2D eigenvalue weighted by Crippen LogP contribution is 2.34. The largest absolute Gasteiger partial charge is 0.490 e. The number of hydrogen-bond donors (Lipinski definition) is 2. The summed E-state index contributed by atoms with van der Waals surface area (Å²) in [5.74, 6) is -5.16. The third-order valence-corrected chi connectivity index (χ3v) is 6.68. The smallest absolute Gasteiger partial charge is 0.475 e. The minimum atomic E-state index is -5.08. The fourth-order valence-electron chi connectivity index (χ4n) is 3.80. The number of carbonyl (C=O) groups excluding carboxylic acids is 1. The quantitative estimate of drug-likeness (QED) is 0.557. The van der Waals surface area contributed by atoms with E-state index in [1.807, 2.05) is 11.3 Å². The van der Waals surface area contributed by atoms with Gasteiger partial charge in [-0.2, -0.15) is 26.3 Å². The Morgan fingerprint density at radius 3 is 1.83 bits per heavy atom. The van der Waals surface area contributed by atoms with Crippen molar-refractivity contribution in [3.05, 3.63) is 22.4 Å². The number of thiophene rings is 1. The van der Waals surface area contributed by atoms with Gasteiger partial charge in [0.25, 0.3) is 0 Å². The second kappa shape index (κ2) is 12.7. The van der Waals surface area contributed by atoms with Crippen molar-refractivity contribution in [3.63, 3.8) is 0 Å². The lowest BCUT2D eigenvalue weighted by molar-refractivity contribution is -0.193. The maximum atomic E-state index is 13.0. The number of carboxylic acid groups (broad SMARTS) is 2. The predicted octanol–water partition coefficient (Wildman–Crippen LogP) is 3.53. The molecule has 0 bridgehead atoms. The van der Waals surface area contributed by atoms with Crippen molar-refractivity contribution in [1.29, 1.82) is 0 Å². The number of carboxylic acids is 2. The van der Waals surface area contributed by atoms with Crippen LogP contribution in [0.1, 0.15) is 31.6 Å². The van der Waals surface area contributed by atoms with Gasteiger partial charge in [0, 0.05) is 43.6 Å². The Morgan fingerprint density at radius 2 is 1.47 bits per heavy atom. The van der Waals surface area contributed by atoms with Crippen molar-refractivity contribution in [2.45, 2.75) is 57.2 Å². The van der Waals surface area contributed by atoms with Crippen LogP contribution in [-0.2, 0) is 20.9 Å². The van der Waals surface area contributed by atoms with Gasteiger partial charge in [0.05, 0.1) is 0 Å². The number of aliphatic carboxylic acids is 2. The number of halogens is 6. The molecule has 2 saturated heterocycles. The summed E-state index contributed by atoms with van der Waals surface area (Å²) in [6, 6.07) is 4.62. The first-order valence-electron chi connectivity index (χ1n) is 10.8. The molecule has 1 aromatic rings. The van der Waals surface area contributed by atoms with Gasteiger partial charge in [0.15, 0.2) is 0 Å². The fraction of sp³-hybridized carbons (Fsp3) is 0.667. The zero-order chi connectivity index (χ0) is 27.9. The van der Waals surface area contributed by atoms with E-state index in [1.54, 1.807) is 0 Å². The molecule has 1 aromatic heterocycles. The molecule has 0 saturated carbocycles. The summed E-state index contributed by atoms with van der Waals surface area (Å²) in [6.45, 7) is 9.17. The molecule has 0 atom stereocenters. The van der Waals surface area contributed by atoms with E-state index in [1.165, 1.54) is 4.88 Å². The molecule has 0 aromatic carbocycles. The van der Waals surface area contributed by atoms with Gasteiger partial charge in [0.2, 0.25) is 5.91 Å². The summed E-state index contributed by atoms with van der Waals surface area (Å²) in [5.41, 5.74) is -0.255. The molecular weight excluding hydrogens is 520 g/mol. The normalized spacial score (nSPS) is 18.8. The SMILES string of the molecule is CC(C)N1CCN(C)C2(CCN(Cc3cccs3)CC2)C1=O.O=C(O)C(F)(F)F.O=C(O)C(F)(F)F. The van der Waals surface area contributed by atoms with Crippen LogP contribution >= 0.6 is 11.3 Å². The molecule has 2 aliphatic heterocycles. The van der Waals surface area contributed by atoms with Crippen molar-refractivity contribution >= 4 is 29.2 Å². The predicted molar refractivity (Wildman–Crippen MR) is 118 cm³/mol. The van der Waals surface area contributed by atoms with Crippen molar-refractivity contribution in [2.24, 2.45) is 0 Å². The molecule has 15 heteroatoms. The van der Waals surface area contributed by atoms with Gasteiger partial charge in [-0.25, -0.2) is 9.59 Å². The van der Waals surface area contributed by atoms with Gasteiger partial charge in [-0.05, 0) is 45.2 Å². The Morgan fingerprint density at radius 1 is 1.00 bits per heavy atom. The van der Waals surface area contributed by atoms with Gasteiger partial charge >= 0.3 is 24.3 Å². The maximum Gasteiger partial charge on any atom is 0.490 e. The molecule has 36 heavy (non-hydrogen) atoms. The van der Waals surface area contributed by atoms with Crippen molar-refractivity contribution in [2.75, 3.05) is 33.2 Å². The average molecular weight is 550 g/mol. The Bertz CT molecular complexity index is 844. The van der Waals surface area contributed by atoms with E-state index in [4.69, 9.17) is 19.8 Å². The van der Waals surface area contributed by atoms with Crippen LogP contribution in [0.3, 0.4) is 0 Å². The van der Waals surface area contributed by atoms with E-state index >= 15 is 0 Å². The van der Waals surface area contributed by atoms with E-state index in [-0.39, 0.29) is 5.54 Å². The topological polar surface area (TPSA) is 101 Å². The van der Waals surface area contributed by atoms with Crippen LogP contribution in [-0.4, -0.2) is 99.9 Å². The Kier molecular flexibility index (Phi) is 11.2. The summed E-state index contributed by atoms with van der Waals surface area (Å²) in [7, 11) is 2.13. The standard InChI is InChI=1S/C17H27N3OS.2C2HF3O2/c1-14(2)20-11-10-18(3)17(16(20)21)6-8-19(9-7-17)13-15-5-4-12-22-15;2*3-2(4,5)1(6)7/h4-5,12,14H,6-11,13H2,1-3H3;2*(H,6,7). The van der Waals surface area contributed by atoms with Crippen molar-refractivity contribution < 1.29 is 50.9 Å². The zero-order valence-electron chi connectivity index (χ0n) is 19.9. The number of rotatable bonds is 3. The first-order chi connectivity index (χ1) is 16.4. The zero-order valence-corrected chi connectivity index (χ0v) is 20.7. The van der Waals surface area contributed by atoms with E-state index in [2.05, 4.69) is 53.1 Å². The molecule has 206 valence electrons. The van der Waals surface area contributed by atoms with Crippen LogP contribution in [0.5, 0.6) is 0 Å². The second-order valence-electron chi connectivity index (χ2n) is 8.51. The summed E-state index contributed by atoms with van der Waals surface area (Å²) in [6.07, 6.45) is -8.26. The average Bonchev–Trinajstić information content (AvgIpc) is 3.26. The first kappa shape index (κ1) is 31.6. The number of nitrogens with zero attached hydrogens (tertiary/aromatic N) is 3. The lowest BCUT2D eigenvalue weighted by atomic mass is 9.82. The van der Waals surface area contributed by atoms with Crippen LogP contribution in [0.2, 0.25) is 0 Å². The van der Waals surface area contributed by atoms with Crippen molar-refractivity contribution in [1.82, 2.24) is 14.7 Å². The number of carbonyl (C=O) groups is 3. The van der Waals surface area contributed by atoms with Gasteiger partial charge in [-0.15, -0.1) is 11.3 Å². The van der Waals surface area contributed by atoms with Gasteiger partial charge < -0.3 is 15.1 Å². The monoisotopic (exact) mass is 549 g/mol. The Hall–Kier alpha value is -2.39. The minimum absolute atomic E-state index is 0.255. The summed E-state index contributed by atoms with van der Waals surface area (Å²) < 4.78 is 63.5. The highest BCUT2D eigenvalue weighted by molar-refractivity contribution is 7.09. The molecule has 2 fully saturated rings. The first-order valence-corrected chi connectivity index (χ1v) is 11.7. The fourth-order valence-corrected chi connectivity index (χ4v) is 4.54. The van der Waals surface area contributed by atoms with Gasteiger partial charge in [-0.1, -0.05) is 6.07 Å². The van der Waals surface area contributed by atoms with Crippen LogP contribution < -0.4 is 0 Å². The Balaban J connectivity index is 0.000000383. The lowest BCUT2D eigenvalue weighted by Gasteiger charge is -2.52. The second-order valence-corrected chi connectivity index (χ2v) is 9.54. The summed E-state index contributed by atoms with van der Waals surface area (Å²) in [4.78, 5) is 39.1. The number of hydrogen-bond acceptors (Lipinski definition) is 6. The molecule has 2 aliphatic rings. The number of likely N-dealkylation sites (N-methyl/N-ethyl adjacent to an activating group) is 1. The lowest BCUT2D eigenvalue weighted by Crippen LogP contribution is -2.68. The van der Waals surface area contributed by atoms with Gasteiger partial charge in [-0.3, -0.25) is 14.6 Å². The highest BCUT2D eigenvalue weighted by Gasteiger charge is 2.49. The van der Waals surface area contributed by atoms with Crippen LogP contribution in [0, 0.1) is 0 Å². The minimum Gasteiger partial charge on any atom is -0.475 e. The molecule has 2 N–H and O–H groups in total. The third kappa shape index (κ3) is 8.92. The van der Waals surface area contributed by atoms with Crippen LogP contribution in [0.15, 0.2) is 17.5 Å². The molecule has 3 rings (SSSR count). The molecule has 0 aliphatic carbocycles. The van der Waals surface area contributed by atoms with Gasteiger partial charge in [0.1, 0.15) is 5.54 Å². The number of piperazine rings is 1. The molecule has 0 unspecified atom stereocenters. The Labute approximate surface area is 208 Å². The van der Waals surface area contributed by atoms with Crippen molar-refractivity contribution in [3.8, 4) is 0 Å². The highest BCUT2D eigenvalue weighted by atomic mass is 32.1.